The van der Waals surface area contributed by atoms with Crippen LogP contribution in [0.2, 0.25) is 0 Å². The number of aryl methyl sites for hydroxylation is 2. The molecule has 1 unspecified atom stereocenters. The summed E-state index contributed by atoms with van der Waals surface area (Å²) in [7, 11) is 1.32. The number of ether oxygens (including phenoxy) is 1. The second kappa shape index (κ2) is 17.9. The number of carbonyl (C=O) groups excluding carboxylic acids is 3. The van der Waals surface area contributed by atoms with Crippen LogP contribution in [0.15, 0.2) is 91.0 Å². The first-order chi connectivity index (χ1) is 26.1. The van der Waals surface area contributed by atoms with Crippen LogP contribution in [0, 0.1) is 11.6 Å². The van der Waals surface area contributed by atoms with Crippen LogP contribution < -0.4 is 4.90 Å². The van der Waals surface area contributed by atoms with Crippen molar-refractivity contribution in [3.05, 3.63) is 125 Å². The van der Waals surface area contributed by atoms with E-state index in [4.69, 9.17) is 4.74 Å². The molecular formula is C42H41F5N3O4W-. The average Bonchev–Trinajstić information content (AvgIpc) is 3.18. The van der Waals surface area contributed by atoms with Crippen molar-refractivity contribution in [3.8, 4) is 11.1 Å². The van der Waals surface area contributed by atoms with Crippen molar-refractivity contribution in [2.24, 2.45) is 0 Å². The predicted octanol–water partition coefficient (Wildman–Crippen LogP) is 7.67. The summed E-state index contributed by atoms with van der Waals surface area (Å²) < 4.78 is 73.5. The van der Waals surface area contributed by atoms with E-state index in [0.717, 1.165) is 52.7 Å². The van der Waals surface area contributed by atoms with Crippen LogP contribution in [0.25, 0.3) is 11.1 Å². The van der Waals surface area contributed by atoms with Crippen molar-refractivity contribution >= 4 is 27.9 Å². The van der Waals surface area contributed by atoms with E-state index in [1.54, 1.807) is 47.9 Å². The van der Waals surface area contributed by atoms with E-state index in [-0.39, 0.29) is 42.7 Å². The third-order valence-corrected chi connectivity index (χ3v) is 11.6. The molecule has 55 heavy (non-hydrogen) atoms. The molecule has 4 aromatic rings. The Hall–Kier alpha value is -4.54. The van der Waals surface area contributed by atoms with Crippen molar-refractivity contribution < 1.29 is 60.4 Å². The van der Waals surface area contributed by atoms with Crippen LogP contribution in [0.3, 0.4) is 0 Å². The molecule has 4 aromatic carbocycles. The summed E-state index contributed by atoms with van der Waals surface area (Å²) in [6.45, 7) is 3.98. The van der Waals surface area contributed by atoms with E-state index in [1.165, 1.54) is 31.4 Å². The summed E-state index contributed by atoms with van der Waals surface area (Å²) in [5, 5.41) is 0. The molecule has 0 aromatic heterocycles. The number of hydrogen-bond donors (Lipinski definition) is 0. The summed E-state index contributed by atoms with van der Waals surface area (Å²) in [5.74, 6) is -2.57. The SMILES string of the molecule is COC(=O)C(C)(C)N1CCC(CCc2ccc(-c3ccc(C(F)(F)F)cc3)cc2)N(C(=O)CN([C](=[W])CCc2cccc(F)c2F)c2ccccc2[C-]=O)C1. The summed E-state index contributed by atoms with van der Waals surface area (Å²) >= 11 is 0.976. The average molecular weight is 931 g/mol. The Balaban J connectivity index is 1.37. The number of halogens is 5. The molecule has 1 aliphatic heterocycles. The van der Waals surface area contributed by atoms with Gasteiger partial charge in [0, 0.05) is 0 Å². The van der Waals surface area contributed by atoms with E-state index < -0.39 is 34.9 Å². The molecule has 1 atom stereocenters. The Kier molecular flexibility index (Phi) is 13.6. The molecule has 0 bridgehead atoms. The van der Waals surface area contributed by atoms with Crippen molar-refractivity contribution in [3.63, 3.8) is 0 Å². The molecule has 0 spiro atoms. The van der Waals surface area contributed by atoms with Gasteiger partial charge in [-0.1, -0.05) is 12.1 Å². The van der Waals surface area contributed by atoms with E-state index >= 15 is 0 Å². The first-order valence-electron chi connectivity index (χ1n) is 17.7. The summed E-state index contributed by atoms with van der Waals surface area (Å²) in [4.78, 5) is 44.8. The minimum atomic E-state index is -4.41. The summed E-state index contributed by atoms with van der Waals surface area (Å²) in [6.07, 6.45) is -0.248. The van der Waals surface area contributed by atoms with Gasteiger partial charge in [0.15, 0.2) is 0 Å². The third kappa shape index (κ3) is 10.0. The fourth-order valence-electron chi connectivity index (χ4n) is 6.74. The molecule has 1 fully saturated rings. The number of amides is 1. The van der Waals surface area contributed by atoms with Crippen LogP contribution >= 0.6 is 0 Å². The number of rotatable bonds is 14. The predicted molar refractivity (Wildman–Crippen MR) is 196 cm³/mol. The molecule has 7 nitrogen and oxygen atoms in total. The van der Waals surface area contributed by atoms with Crippen molar-refractivity contribution in [1.82, 2.24) is 9.80 Å². The van der Waals surface area contributed by atoms with Gasteiger partial charge in [0.05, 0.1) is 5.56 Å². The second-order valence-corrected chi connectivity index (χ2v) is 15.6. The maximum atomic E-state index is 14.6. The molecular weight excluding hydrogens is 889 g/mol. The summed E-state index contributed by atoms with van der Waals surface area (Å²) in [5.41, 5.74) is 1.57. The number of alkyl halides is 3. The molecule has 1 heterocycles. The quantitative estimate of drug-likeness (QED) is 0.0736. The zero-order valence-electron chi connectivity index (χ0n) is 30.7. The van der Waals surface area contributed by atoms with Gasteiger partial charge in [-0.05, 0) is 17.7 Å². The molecule has 290 valence electrons. The van der Waals surface area contributed by atoms with Crippen LogP contribution in [0.5, 0.6) is 0 Å². The van der Waals surface area contributed by atoms with E-state index in [0.29, 0.717) is 43.5 Å². The molecule has 0 aliphatic carbocycles. The Morgan fingerprint density at radius 2 is 1.56 bits per heavy atom. The van der Waals surface area contributed by atoms with Gasteiger partial charge in [-0.25, -0.2) is 0 Å². The molecule has 1 saturated heterocycles. The standard InChI is InChI=1S/C42H41F5N3O4.W/c1-41(2,40(53)54-3)49-25-23-35(22-15-29-13-16-30(17-14-29)31-18-20-34(21-19-31)42(45,46)47)50(28-49)38(52)26-48(37-12-5-4-8-33(37)27-51)24-7-10-32-9-6-11-36(43)39(32)44;/h4-6,8-9,11-14,16-21,35H,7,10,15,22-23,25-26,28H2,1-3H3;/q-1;. The van der Waals surface area contributed by atoms with Gasteiger partial charge in [-0.2, -0.15) is 13.2 Å². The van der Waals surface area contributed by atoms with Crippen LogP contribution in [-0.4, -0.2) is 70.4 Å². The fraction of sp³-hybridized carbons (Fsp3) is 0.333. The number of methoxy groups -OCH3 is 1. The topological polar surface area (TPSA) is 70.2 Å². The molecule has 0 radical (unpaired) electrons. The van der Waals surface area contributed by atoms with Crippen molar-refractivity contribution in [1.29, 1.82) is 0 Å². The van der Waals surface area contributed by atoms with Gasteiger partial charge in [0.1, 0.15) is 0 Å². The molecule has 5 rings (SSSR count). The van der Waals surface area contributed by atoms with Crippen LogP contribution in [-0.2, 0) is 57.5 Å². The molecule has 0 N–H and O–H groups in total. The number of hydrogen-bond acceptors (Lipinski definition) is 6. The first kappa shape index (κ1) is 41.6. The van der Waals surface area contributed by atoms with Gasteiger partial charge < -0.3 is 0 Å². The van der Waals surface area contributed by atoms with Crippen molar-refractivity contribution in [2.45, 2.75) is 63.7 Å². The van der Waals surface area contributed by atoms with Crippen LogP contribution in [0.1, 0.15) is 55.4 Å². The van der Waals surface area contributed by atoms with Crippen LogP contribution in [0.4, 0.5) is 27.6 Å². The van der Waals surface area contributed by atoms with Gasteiger partial charge in [-0.3, -0.25) is 0 Å². The normalized spacial score (nSPS) is 15.1. The number of carbonyl (C=O) groups is 2. The maximum absolute atomic E-state index is 14.6. The second-order valence-electron chi connectivity index (χ2n) is 13.9. The van der Waals surface area contributed by atoms with E-state index in [1.807, 2.05) is 35.5 Å². The minimum absolute atomic E-state index is 0.133. The van der Waals surface area contributed by atoms with E-state index in [2.05, 4.69) is 0 Å². The molecule has 13 heteroatoms. The first-order valence-corrected chi connectivity index (χ1v) is 19.2. The fourth-order valence-corrected chi connectivity index (χ4v) is 7.70. The number of esters is 1. The number of para-hydroxylation sites is 1. The van der Waals surface area contributed by atoms with Gasteiger partial charge in [0.2, 0.25) is 0 Å². The number of anilines is 1. The number of nitrogens with zero attached hydrogens (tertiary/aromatic N) is 3. The summed E-state index contributed by atoms with van der Waals surface area (Å²) in [6, 6.07) is 23.1. The zero-order chi connectivity index (χ0) is 39.9. The van der Waals surface area contributed by atoms with Gasteiger partial charge in [-0.15, -0.1) is 0 Å². The third-order valence-electron chi connectivity index (χ3n) is 10.1. The Morgan fingerprint density at radius 1 is 0.909 bits per heavy atom. The Morgan fingerprint density at radius 3 is 2.20 bits per heavy atom. The molecule has 0 saturated carbocycles. The Labute approximate surface area is 328 Å². The number of benzene rings is 4. The Bertz CT molecular complexity index is 2000. The zero-order valence-corrected chi connectivity index (χ0v) is 33.6. The molecule has 1 aliphatic rings. The van der Waals surface area contributed by atoms with Gasteiger partial charge >= 0.3 is 281 Å². The van der Waals surface area contributed by atoms with E-state index in [9.17, 15) is 36.3 Å². The monoisotopic (exact) mass is 930 g/mol. The molecule has 1 amide bonds. The van der Waals surface area contributed by atoms with Gasteiger partial charge in [0.25, 0.3) is 0 Å². The van der Waals surface area contributed by atoms with Crippen molar-refractivity contribution in [2.75, 3.05) is 31.8 Å².